The summed E-state index contributed by atoms with van der Waals surface area (Å²) in [6.45, 7) is 9.50. The lowest BCUT2D eigenvalue weighted by atomic mass is 10.1. The molecule has 0 bridgehead atoms. The second kappa shape index (κ2) is 10.1. The van der Waals surface area contributed by atoms with Gasteiger partial charge < -0.3 is 20.0 Å². The molecule has 0 spiro atoms. The first-order chi connectivity index (χ1) is 15.3. The van der Waals surface area contributed by atoms with Crippen LogP contribution in [0.5, 0.6) is 0 Å². The van der Waals surface area contributed by atoms with Crippen LogP contribution in [0.2, 0.25) is 0 Å². The van der Waals surface area contributed by atoms with Crippen molar-refractivity contribution in [3.8, 4) is 0 Å². The van der Waals surface area contributed by atoms with Gasteiger partial charge in [-0.15, -0.1) is 0 Å². The zero-order chi connectivity index (χ0) is 23.3. The van der Waals surface area contributed by atoms with Crippen molar-refractivity contribution in [2.75, 3.05) is 54.4 Å². The minimum absolute atomic E-state index is 0.00343. The van der Waals surface area contributed by atoms with Crippen LogP contribution in [0.3, 0.4) is 0 Å². The molecule has 1 saturated heterocycles. The summed E-state index contributed by atoms with van der Waals surface area (Å²) in [4.78, 5) is 41.3. The number of piperazine rings is 1. The highest BCUT2D eigenvalue weighted by atomic mass is 16.6. The van der Waals surface area contributed by atoms with E-state index < -0.39 is 10.8 Å². The second-order valence-electron chi connectivity index (χ2n) is 7.63. The average molecular weight is 440 g/mol. The summed E-state index contributed by atoms with van der Waals surface area (Å²) in [5.74, 6) is -0.409. The minimum Gasteiger partial charge on any atom is -0.372 e. The standard InChI is InChI=1S/C23H29N5O4/c1-4-25(5-2)20-9-7-19(8-10-20)24-23(30)18-6-11-21(22(16-18)28(31)32)27-14-12-26(13-15-27)17(3)29/h6-11,16H,4-5,12-15H2,1-3H3,(H,24,30). The van der Waals surface area contributed by atoms with E-state index in [1.165, 1.54) is 13.0 Å². The number of anilines is 3. The normalized spacial score (nSPS) is 13.6. The topological polar surface area (TPSA) is 99.0 Å². The lowest BCUT2D eigenvalue weighted by Crippen LogP contribution is -2.48. The van der Waals surface area contributed by atoms with Gasteiger partial charge in [-0.25, -0.2) is 0 Å². The Hall–Kier alpha value is -3.62. The van der Waals surface area contributed by atoms with Gasteiger partial charge in [0.15, 0.2) is 0 Å². The van der Waals surface area contributed by atoms with E-state index in [4.69, 9.17) is 0 Å². The average Bonchev–Trinajstić information content (AvgIpc) is 2.80. The molecule has 9 heteroatoms. The molecule has 32 heavy (non-hydrogen) atoms. The number of carbonyl (C=O) groups excluding carboxylic acids is 2. The van der Waals surface area contributed by atoms with Gasteiger partial charge in [-0.1, -0.05) is 0 Å². The number of hydrogen-bond acceptors (Lipinski definition) is 6. The van der Waals surface area contributed by atoms with Crippen LogP contribution >= 0.6 is 0 Å². The molecule has 0 saturated carbocycles. The van der Waals surface area contributed by atoms with Gasteiger partial charge in [0.25, 0.3) is 11.6 Å². The smallest absolute Gasteiger partial charge is 0.293 e. The highest BCUT2D eigenvalue weighted by Gasteiger charge is 2.26. The zero-order valence-corrected chi connectivity index (χ0v) is 18.7. The second-order valence-corrected chi connectivity index (χ2v) is 7.63. The van der Waals surface area contributed by atoms with Crippen molar-refractivity contribution < 1.29 is 14.5 Å². The number of carbonyl (C=O) groups is 2. The molecule has 1 fully saturated rings. The molecule has 170 valence electrons. The molecule has 0 radical (unpaired) electrons. The SMILES string of the molecule is CCN(CC)c1ccc(NC(=O)c2ccc(N3CCN(C(C)=O)CC3)c([N+](=O)[O-])c2)cc1. The lowest BCUT2D eigenvalue weighted by Gasteiger charge is -2.35. The Morgan fingerprint density at radius 3 is 2.19 bits per heavy atom. The summed E-state index contributed by atoms with van der Waals surface area (Å²) in [6.07, 6.45) is 0. The van der Waals surface area contributed by atoms with Crippen molar-refractivity contribution in [2.24, 2.45) is 0 Å². The Kier molecular flexibility index (Phi) is 7.29. The number of nitrogens with one attached hydrogen (secondary N) is 1. The molecule has 0 unspecified atom stereocenters. The van der Waals surface area contributed by atoms with Gasteiger partial charge >= 0.3 is 0 Å². The van der Waals surface area contributed by atoms with Gasteiger partial charge in [-0.2, -0.15) is 0 Å². The number of nitrogens with zero attached hydrogens (tertiary/aromatic N) is 4. The monoisotopic (exact) mass is 439 g/mol. The maximum Gasteiger partial charge on any atom is 0.293 e. The van der Waals surface area contributed by atoms with Crippen LogP contribution in [-0.2, 0) is 4.79 Å². The number of amides is 2. The number of hydrogen-bond donors (Lipinski definition) is 1. The Bertz CT molecular complexity index is 980. The molecule has 0 atom stereocenters. The Morgan fingerprint density at radius 1 is 1.03 bits per heavy atom. The van der Waals surface area contributed by atoms with Crippen LogP contribution in [0.15, 0.2) is 42.5 Å². The molecule has 0 aromatic heterocycles. The third kappa shape index (κ3) is 5.16. The van der Waals surface area contributed by atoms with Crippen LogP contribution in [0.1, 0.15) is 31.1 Å². The van der Waals surface area contributed by atoms with E-state index in [2.05, 4.69) is 24.1 Å². The van der Waals surface area contributed by atoms with Gasteiger partial charge in [0, 0.05) is 69.2 Å². The predicted molar refractivity (Wildman–Crippen MR) is 126 cm³/mol. The van der Waals surface area contributed by atoms with Crippen molar-refractivity contribution in [2.45, 2.75) is 20.8 Å². The largest absolute Gasteiger partial charge is 0.372 e. The first-order valence-electron chi connectivity index (χ1n) is 10.8. The van der Waals surface area contributed by atoms with Crippen LogP contribution < -0.4 is 15.1 Å². The molecule has 2 aromatic rings. The summed E-state index contributed by atoms with van der Waals surface area (Å²) in [5.41, 5.74) is 2.25. The van der Waals surface area contributed by atoms with Gasteiger partial charge in [-0.05, 0) is 50.2 Å². The van der Waals surface area contributed by atoms with E-state index in [9.17, 15) is 19.7 Å². The van der Waals surface area contributed by atoms with Crippen molar-refractivity contribution in [3.63, 3.8) is 0 Å². The van der Waals surface area contributed by atoms with E-state index in [-0.39, 0.29) is 17.2 Å². The Labute approximate surface area is 187 Å². The Morgan fingerprint density at radius 2 is 1.66 bits per heavy atom. The number of nitro groups is 1. The third-order valence-corrected chi connectivity index (χ3v) is 5.75. The summed E-state index contributed by atoms with van der Waals surface area (Å²) < 4.78 is 0. The van der Waals surface area contributed by atoms with Gasteiger partial charge in [0.1, 0.15) is 5.69 Å². The molecule has 1 heterocycles. The quantitative estimate of drug-likeness (QED) is 0.525. The fraction of sp³-hybridized carbons (Fsp3) is 0.391. The maximum atomic E-state index is 12.7. The van der Waals surface area contributed by atoms with Gasteiger partial charge in [0.05, 0.1) is 4.92 Å². The molecule has 0 aliphatic carbocycles. The van der Waals surface area contributed by atoms with Crippen molar-refractivity contribution >= 4 is 34.6 Å². The molecular weight excluding hydrogens is 410 g/mol. The summed E-state index contributed by atoms with van der Waals surface area (Å²) >= 11 is 0. The first-order valence-corrected chi connectivity index (χ1v) is 10.8. The highest BCUT2D eigenvalue weighted by Crippen LogP contribution is 2.30. The van der Waals surface area contributed by atoms with Crippen LogP contribution in [0.4, 0.5) is 22.7 Å². The number of rotatable bonds is 7. The number of nitro benzene ring substituents is 1. The van der Waals surface area contributed by atoms with E-state index in [0.29, 0.717) is 37.6 Å². The third-order valence-electron chi connectivity index (χ3n) is 5.75. The van der Waals surface area contributed by atoms with Crippen molar-refractivity contribution in [3.05, 3.63) is 58.1 Å². The van der Waals surface area contributed by atoms with Crippen LogP contribution in [0, 0.1) is 10.1 Å². The minimum atomic E-state index is -0.470. The molecule has 2 aromatic carbocycles. The molecule has 2 amide bonds. The van der Waals surface area contributed by atoms with Gasteiger partial charge in [-0.3, -0.25) is 19.7 Å². The van der Waals surface area contributed by atoms with Crippen LogP contribution in [-0.4, -0.2) is 60.9 Å². The van der Waals surface area contributed by atoms with E-state index >= 15 is 0 Å². The molecule has 1 aliphatic heterocycles. The summed E-state index contributed by atoms with van der Waals surface area (Å²) in [7, 11) is 0. The molecule has 9 nitrogen and oxygen atoms in total. The fourth-order valence-corrected chi connectivity index (χ4v) is 3.89. The fourth-order valence-electron chi connectivity index (χ4n) is 3.89. The van der Waals surface area contributed by atoms with E-state index in [0.717, 1.165) is 18.8 Å². The number of benzene rings is 2. The molecule has 1 aliphatic rings. The zero-order valence-electron chi connectivity index (χ0n) is 18.7. The molecule has 3 rings (SSSR count). The maximum absolute atomic E-state index is 12.7. The van der Waals surface area contributed by atoms with Crippen LogP contribution in [0.25, 0.3) is 0 Å². The van der Waals surface area contributed by atoms with Crippen molar-refractivity contribution in [1.82, 2.24) is 4.90 Å². The lowest BCUT2D eigenvalue weighted by molar-refractivity contribution is -0.384. The molecule has 1 N–H and O–H groups in total. The van der Waals surface area contributed by atoms with Crippen molar-refractivity contribution in [1.29, 1.82) is 0 Å². The van der Waals surface area contributed by atoms with E-state index in [1.807, 2.05) is 29.2 Å². The van der Waals surface area contributed by atoms with Gasteiger partial charge in [0.2, 0.25) is 5.91 Å². The summed E-state index contributed by atoms with van der Waals surface area (Å²) in [6, 6.07) is 12.0. The summed E-state index contributed by atoms with van der Waals surface area (Å²) in [5, 5.41) is 14.5. The predicted octanol–water partition coefficient (Wildman–Crippen LogP) is 3.36. The molecular formula is C23H29N5O4. The Balaban J connectivity index is 1.74. The highest BCUT2D eigenvalue weighted by molar-refractivity contribution is 6.05. The van der Waals surface area contributed by atoms with E-state index in [1.54, 1.807) is 17.0 Å². The first kappa shape index (κ1) is 23.1.